The van der Waals surface area contributed by atoms with Crippen LogP contribution < -0.4 is 9.47 Å². The topological polar surface area (TPSA) is 18.5 Å². The number of ether oxygens (including phenoxy) is 2. The van der Waals surface area contributed by atoms with Gasteiger partial charge in [0.2, 0.25) is 0 Å². The molecule has 2 rings (SSSR count). The molecule has 0 spiro atoms. The Bertz CT molecular complexity index is 469. The Morgan fingerprint density at radius 1 is 1.39 bits per heavy atom. The number of benzene rings is 1. The molecule has 18 heavy (non-hydrogen) atoms. The molecule has 2 nitrogen and oxygen atoms in total. The lowest BCUT2D eigenvalue weighted by Crippen LogP contribution is -2.15. The monoisotopic (exact) mass is 330 g/mol. The molecule has 0 saturated heterocycles. The van der Waals surface area contributed by atoms with Crippen molar-refractivity contribution in [3.05, 3.63) is 27.7 Å². The van der Waals surface area contributed by atoms with E-state index in [1.807, 2.05) is 12.1 Å². The van der Waals surface area contributed by atoms with Crippen molar-refractivity contribution in [2.45, 2.75) is 13.8 Å². The number of allylic oxidation sites excluding steroid dienone is 1. The van der Waals surface area contributed by atoms with Crippen molar-refractivity contribution in [1.29, 1.82) is 0 Å². The first-order valence-corrected chi connectivity index (χ1v) is 7.30. The minimum absolute atomic E-state index is 0.439. The predicted molar refractivity (Wildman–Crippen MR) is 78.7 cm³/mol. The van der Waals surface area contributed by atoms with Gasteiger partial charge < -0.3 is 9.47 Å². The summed E-state index contributed by atoms with van der Waals surface area (Å²) in [5.41, 5.74) is 2.29. The van der Waals surface area contributed by atoms with E-state index < -0.39 is 0 Å². The highest BCUT2D eigenvalue weighted by molar-refractivity contribution is 9.10. The zero-order valence-electron chi connectivity index (χ0n) is 10.5. The summed E-state index contributed by atoms with van der Waals surface area (Å²) in [4.78, 5) is 0. The van der Waals surface area contributed by atoms with E-state index in [1.165, 1.54) is 5.57 Å². The molecule has 0 aliphatic carbocycles. The number of hydrogen-bond donors (Lipinski definition) is 0. The van der Waals surface area contributed by atoms with Gasteiger partial charge in [0, 0.05) is 5.88 Å². The maximum atomic E-state index is 5.96. The number of fused-ring (bicyclic) bond motifs is 1. The molecule has 1 aromatic rings. The van der Waals surface area contributed by atoms with Gasteiger partial charge in [0.15, 0.2) is 11.5 Å². The first-order valence-electron chi connectivity index (χ1n) is 5.97. The molecule has 0 fully saturated rings. The lowest BCUT2D eigenvalue weighted by molar-refractivity contribution is 0.170. The second-order valence-corrected chi connectivity index (χ2v) is 5.66. The molecular weight excluding hydrogens is 316 g/mol. The highest BCUT2D eigenvalue weighted by Crippen LogP contribution is 2.39. The first-order chi connectivity index (χ1) is 8.61. The Labute approximate surface area is 121 Å². The van der Waals surface area contributed by atoms with Gasteiger partial charge in [-0.15, -0.1) is 11.6 Å². The van der Waals surface area contributed by atoms with Crippen LogP contribution in [0.3, 0.4) is 0 Å². The van der Waals surface area contributed by atoms with E-state index in [0.29, 0.717) is 25.0 Å². The summed E-state index contributed by atoms with van der Waals surface area (Å²) in [5, 5.41) is 0. The average molecular weight is 332 g/mol. The molecule has 1 aromatic carbocycles. The van der Waals surface area contributed by atoms with E-state index in [2.05, 4.69) is 35.9 Å². The molecular formula is C14H16BrClO2. The zero-order valence-corrected chi connectivity index (χ0v) is 12.8. The molecule has 0 bridgehead atoms. The fourth-order valence-electron chi connectivity index (χ4n) is 1.79. The fraction of sp³-hybridized carbons (Fsp3) is 0.429. The molecule has 1 aliphatic rings. The smallest absolute Gasteiger partial charge is 0.175 e. The molecule has 98 valence electrons. The summed E-state index contributed by atoms with van der Waals surface area (Å²) >= 11 is 9.47. The van der Waals surface area contributed by atoms with E-state index in [1.54, 1.807) is 0 Å². The molecule has 0 radical (unpaired) electrons. The van der Waals surface area contributed by atoms with E-state index >= 15 is 0 Å². The van der Waals surface area contributed by atoms with Gasteiger partial charge >= 0.3 is 0 Å². The third-order valence-corrected chi connectivity index (χ3v) is 3.76. The van der Waals surface area contributed by atoms with Crippen molar-refractivity contribution in [2.75, 3.05) is 19.1 Å². The molecule has 0 unspecified atom stereocenters. The standard InChI is InChI=1S/C14H16BrClO2/c1-9(2)11(8-16)5-10-6-12(15)14-13(7-10)17-3-4-18-14/h5-7,9H,3-4,8H2,1-2H3/b11-5-. The van der Waals surface area contributed by atoms with Crippen molar-refractivity contribution in [3.63, 3.8) is 0 Å². The van der Waals surface area contributed by atoms with Crippen LogP contribution in [0, 0.1) is 5.92 Å². The SMILES string of the molecule is CC(C)/C(=C\c1cc(Br)c2c(c1)OCCO2)CCl. The van der Waals surface area contributed by atoms with Crippen LogP contribution in [0.4, 0.5) is 0 Å². The van der Waals surface area contributed by atoms with Gasteiger partial charge in [-0.1, -0.05) is 25.5 Å². The summed E-state index contributed by atoms with van der Waals surface area (Å²) in [6, 6.07) is 4.02. The van der Waals surface area contributed by atoms with Crippen LogP contribution in [0.2, 0.25) is 0 Å². The number of alkyl halides is 1. The van der Waals surface area contributed by atoms with Crippen LogP contribution >= 0.6 is 27.5 Å². The fourth-order valence-corrected chi connectivity index (χ4v) is 2.75. The molecule has 0 aromatic heterocycles. The molecule has 0 atom stereocenters. The number of rotatable bonds is 3. The summed E-state index contributed by atoms with van der Waals surface area (Å²) in [6.45, 7) is 5.47. The van der Waals surface area contributed by atoms with E-state index in [-0.39, 0.29) is 0 Å². The van der Waals surface area contributed by atoms with Crippen molar-refractivity contribution < 1.29 is 9.47 Å². The van der Waals surface area contributed by atoms with Gasteiger partial charge in [0.25, 0.3) is 0 Å². The van der Waals surface area contributed by atoms with Gasteiger partial charge in [-0.2, -0.15) is 0 Å². The van der Waals surface area contributed by atoms with Crippen molar-refractivity contribution in [3.8, 4) is 11.5 Å². The summed E-state index contributed by atoms with van der Waals surface area (Å²) in [6.07, 6.45) is 2.11. The van der Waals surface area contributed by atoms with Crippen molar-refractivity contribution in [1.82, 2.24) is 0 Å². The van der Waals surface area contributed by atoms with Gasteiger partial charge in [0.1, 0.15) is 13.2 Å². The van der Waals surface area contributed by atoms with Gasteiger partial charge in [-0.25, -0.2) is 0 Å². The molecule has 0 saturated carbocycles. The number of hydrogen-bond acceptors (Lipinski definition) is 2. The second kappa shape index (κ2) is 5.98. The minimum Gasteiger partial charge on any atom is -0.486 e. The Kier molecular flexibility index (Phi) is 4.57. The molecule has 1 aliphatic heterocycles. The second-order valence-electron chi connectivity index (χ2n) is 4.53. The third-order valence-electron chi connectivity index (χ3n) is 2.87. The Morgan fingerprint density at radius 3 is 2.78 bits per heavy atom. The van der Waals surface area contributed by atoms with E-state index in [4.69, 9.17) is 21.1 Å². The summed E-state index contributed by atoms with van der Waals surface area (Å²) < 4.78 is 12.1. The summed E-state index contributed by atoms with van der Waals surface area (Å²) in [7, 11) is 0. The predicted octanol–water partition coefficient (Wildman–Crippen LogP) is 4.50. The molecule has 1 heterocycles. The Morgan fingerprint density at radius 2 is 2.11 bits per heavy atom. The van der Waals surface area contributed by atoms with Gasteiger partial charge in [0.05, 0.1) is 4.47 Å². The Balaban J connectivity index is 2.38. The van der Waals surface area contributed by atoms with Crippen LogP contribution in [0.25, 0.3) is 6.08 Å². The lowest BCUT2D eigenvalue weighted by Gasteiger charge is -2.20. The number of halogens is 2. The normalized spacial score (nSPS) is 15.1. The van der Waals surface area contributed by atoms with Crippen LogP contribution in [0.1, 0.15) is 19.4 Å². The highest BCUT2D eigenvalue weighted by atomic mass is 79.9. The van der Waals surface area contributed by atoms with Crippen LogP contribution in [0.5, 0.6) is 11.5 Å². The van der Waals surface area contributed by atoms with Gasteiger partial charge in [-0.05, 0) is 39.5 Å². The van der Waals surface area contributed by atoms with Crippen molar-refractivity contribution in [2.24, 2.45) is 5.92 Å². The van der Waals surface area contributed by atoms with E-state index in [0.717, 1.165) is 21.5 Å². The minimum atomic E-state index is 0.439. The van der Waals surface area contributed by atoms with Crippen molar-refractivity contribution >= 4 is 33.6 Å². The van der Waals surface area contributed by atoms with Crippen LogP contribution in [-0.4, -0.2) is 19.1 Å². The molecule has 4 heteroatoms. The highest BCUT2D eigenvalue weighted by Gasteiger charge is 2.16. The van der Waals surface area contributed by atoms with E-state index in [9.17, 15) is 0 Å². The molecule has 0 amide bonds. The lowest BCUT2D eigenvalue weighted by atomic mass is 10.0. The van der Waals surface area contributed by atoms with Gasteiger partial charge in [-0.3, -0.25) is 0 Å². The summed E-state index contributed by atoms with van der Waals surface area (Å²) in [5.74, 6) is 2.56. The maximum Gasteiger partial charge on any atom is 0.175 e. The Hall–Kier alpha value is -0.670. The zero-order chi connectivity index (χ0) is 13.1. The first kappa shape index (κ1) is 13.8. The quantitative estimate of drug-likeness (QED) is 0.759. The average Bonchev–Trinajstić information content (AvgIpc) is 2.35. The largest absolute Gasteiger partial charge is 0.486 e. The van der Waals surface area contributed by atoms with Crippen LogP contribution in [0.15, 0.2) is 22.2 Å². The molecule has 0 N–H and O–H groups in total. The van der Waals surface area contributed by atoms with Crippen LogP contribution in [-0.2, 0) is 0 Å². The maximum absolute atomic E-state index is 5.96. The third kappa shape index (κ3) is 3.01.